The number of aliphatic carboxylic acids is 1. The highest BCUT2D eigenvalue weighted by Crippen LogP contribution is 2.41. The van der Waals surface area contributed by atoms with E-state index in [1.165, 1.54) is 0 Å². The third kappa shape index (κ3) is 6.84. The largest absolute Gasteiger partial charge is 0.493 e. The van der Waals surface area contributed by atoms with Gasteiger partial charge in [0.25, 0.3) is 5.91 Å². The first kappa shape index (κ1) is 30.0. The van der Waals surface area contributed by atoms with Crippen LogP contribution in [0.5, 0.6) is 5.75 Å². The van der Waals surface area contributed by atoms with Gasteiger partial charge in [-0.05, 0) is 56.7 Å². The van der Waals surface area contributed by atoms with Crippen molar-refractivity contribution in [2.45, 2.75) is 60.4 Å². The summed E-state index contributed by atoms with van der Waals surface area (Å²) in [5, 5.41) is 12.4. The number of nitrogens with zero attached hydrogens (tertiary/aromatic N) is 2. The summed E-state index contributed by atoms with van der Waals surface area (Å²) >= 11 is 0. The zero-order valence-electron chi connectivity index (χ0n) is 24.2. The number of aromatic nitrogens is 1. The minimum absolute atomic E-state index is 0.0498. The van der Waals surface area contributed by atoms with Gasteiger partial charge < -0.3 is 20.1 Å². The fraction of sp³-hybridized carbons (Fsp3) is 0.406. The number of carboxylic acids is 1. The second-order valence-corrected chi connectivity index (χ2v) is 11.3. The van der Waals surface area contributed by atoms with E-state index in [4.69, 9.17) is 9.72 Å². The van der Waals surface area contributed by atoms with Crippen molar-refractivity contribution in [3.8, 4) is 16.9 Å². The summed E-state index contributed by atoms with van der Waals surface area (Å²) in [7, 11) is 0. The number of hydrogen-bond donors (Lipinski definition) is 2. The number of hydrogen-bond acceptors (Lipinski definition) is 5. The molecule has 1 saturated heterocycles. The van der Waals surface area contributed by atoms with E-state index < -0.39 is 23.5 Å². The molecule has 4 rings (SSSR count). The normalized spacial score (nSPS) is 14.6. The van der Waals surface area contributed by atoms with Gasteiger partial charge in [0.15, 0.2) is 0 Å². The van der Waals surface area contributed by atoms with E-state index in [0.717, 1.165) is 60.6 Å². The van der Waals surface area contributed by atoms with E-state index in [0.29, 0.717) is 16.8 Å². The molecule has 2 heterocycles. The summed E-state index contributed by atoms with van der Waals surface area (Å²) in [6, 6.07) is 8.85. The lowest BCUT2D eigenvalue weighted by Gasteiger charge is -2.40. The van der Waals surface area contributed by atoms with Gasteiger partial charge >= 0.3 is 5.97 Å². The van der Waals surface area contributed by atoms with Crippen molar-refractivity contribution in [3.05, 3.63) is 76.1 Å². The fourth-order valence-electron chi connectivity index (χ4n) is 5.36. The fourth-order valence-corrected chi connectivity index (χ4v) is 5.36. The summed E-state index contributed by atoms with van der Waals surface area (Å²) in [5.74, 6) is -2.84. The molecule has 1 aliphatic rings. The van der Waals surface area contributed by atoms with Crippen LogP contribution in [0, 0.1) is 30.9 Å². The standard InChI is InChI=1S/C32H37F2N3O4/c1-6-41-27-16-23(33)15-26(34)25(27)18-35-31(40)22-9-7-21(8-10-22)29-20(3)36-19(2)24(17-28(38)39)30(29)37-13-11-32(4,5)12-14-37/h7-10,15-16H,6,11-14,17-18H2,1-5H3,(H,35,40)(H,38,39). The Labute approximate surface area is 239 Å². The highest BCUT2D eigenvalue weighted by Gasteiger charge is 2.30. The van der Waals surface area contributed by atoms with E-state index in [9.17, 15) is 23.5 Å². The lowest BCUT2D eigenvalue weighted by Crippen LogP contribution is -2.38. The Kier molecular flexibility index (Phi) is 8.95. The molecule has 0 saturated carbocycles. The van der Waals surface area contributed by atoms with E-state index in [1.54, 1.807) is 19.1 Å². The number of carboxylic acid groups (broad SMARTS) is 1. The van der Waals surface area contributed by atoms with Gasteiger partial charge in [-0.3, -0.25) is 14.6 Å². The number of nitrogens with one attached hydrogen (secondary N) is 1. The number of rotatable bonds is 9. The van der Waals surface area contributed by atoms with Gasteiger partial charge in [0.05, 0.1) is 18.7 Å². The van der Waals surface area contributed by atoms with Crippen LogP contribution >= 0.6 is 0 Å². The SMILES string of the molecule is CCOc1cc(F)cc(F)c1CNC(=O)c1ccc(-c2c(C)nc(C)c(CC(=O)O)c2N2CCC(C)(C)CC2)cc1. The van der Waals surface area contributed by atoms with Gasteiger partial charge in [-0.15, -0.1) is 0 Å². The molecule has 1 aliphatic heterocycles. The molecule has 0 aliphatic carbocycles. The number of pyridine rings is 1. The van der Waals surface area contributed by atoms with Crippen LogP contribution < -0.4 is 15.0 Å². The van der Waals surface area contributed by atoms with Crippen molar-refractivity contribution in [1.82, 2.24) is 10.3 Å². The summed E-state index contributed by atoms with van der Waals surface area (Å²) in [6.45, 7) is 11.6. The smallest absolute Gasteiger partial charge is 0.307 e. The van der Waals surface area contributed by atoms with Crippen LogP contribution in [0.2, 0.25) is 0 Å². The van der Waals surface area contributed by atoms with Crippen LogP contribution in [-0.4, -0.2) is 41.7 Å². The highest BCUT2D eigenvalue weighted by molar-refractivity contribution is 5.95. The third-order valence-corrected chi connectivity index (χ3v) is 7.70. The third-order valence-electron chi connectivity index (χ3n) is 7.70. The monoisotopic (exact) mass is 565 g/mol. The Balaban J connectivity index is 1.64. The lowest BCUT2D eigenvalue weighted by molar-refractivity contribution is -0.136. The first-order chi connectivity index (χ1) is 19.4. The average molecular weight is 566 g/mol. The van der Waals surface area contributed by atoms with Crippen LogP contribution in [0.4, 0.5) is 14.5 Å². The van der Waals surface area contributed by atoms with Gasteiger partial charge in [-0.1, -0.05) is 26.0 Å². The zero-order valence-corrected chi connectivity index (χ0v) is 24.2. The molecule has 0 unspecified atom stereocenters. The molecule has 2 aromatic carbocycles. The molecule has 1 amide bonds. The second kappa shape index (κ2) is 12.2. The lowest BCUT2D eigenvalue weighted by atomic mass is 9.82. The number of carbonyl (C=O) groups excluding carboxylic acids is 1. The molecular weight excluding hydrogens is 528 g/mol. The van der Waals surface area contributed by atoms with Gasteiger partial charge in [-0.2, -0.15) is 0 Å². The van der Waals surface area contributed by atoms with Crippen LogP contribution in [-0.2, 0) is 17.8 Å². The molecule has 0 radical (unpaired) electrons. The van der Waals surface area contributed by atoms with Gasteiger partial charge in [0, 0.05) is 65.4 Å². The molecule has 2 N–H and O–H groups in total. The van der Waals surface area contributed by atoms with Crippen LogP contribution in [0.3, 0.4) is 0 Å². The molecule has 0 spiro atoms. The Bertz CT molecular complexity index is 1440. The molecule has 1 aromatic heterocycles. The maximum Gasteiger partial charge on any atom is 0.307 e. The maximum absolute atomic E-state index is 14.4. The topological polar surface area (TPSA) is 91.8 Å². The van der Waals surface area contributed by atoms with E-state index in [2.05, 4.69) is 24.1 Å². The maximum atomic E-state index is 14.4. The predicted molar refractivity (Wildman–Crippen MR) is 154 cm³/mol. The van der Waals surface area contributed by atoms with Crippen molar-refractivity contribution >= 4 is 17.6 Å². The van der Waals surface area contributed by atoms with Gasteiger partial charge in [-0.25, -0.2) is 8.78 Å². The first-order valence-corrected chi connectivity index (χ1v) is 13.9. The van der Waals surface area contributed by atoms with Crippen molar-refractivity contribution in [1.29, 1.82) is 0 Å². The summed E-state index contributed by atoms with van der Waals surface area (Å²) < 4.78 is 33.4. The predicted octanol–water partition coefficient (Wildman–Crippen LogP) is 6.23. The summed E-state index contributed by atoms with van der Waals surface area (Å²) in [4.78, 5) is 31.7. The number of amides is 1. The highest BCUT2D eigenvalue weighted by atomic mass is 19.1. The summed E-state index contributed by atoms with van der Waals surface area (Å²) in [6.07, 6.45) is 1.84. The Morgan fingerprint density at radius 2 is 1.71 bits per heavy atom. The number of halogens is 2. The molecular formula is C32H37F2N3O4. The number of benzene rings is 2. The van der Waals surface area contributed by atoms with Crippen molar-refractivity contribution in [2.75, 3.05) is 24.6 Å². The number of ether oxygens (including phenoxy) is 1. The summed E-state index contributed by atoms with van der Waals surface area (Å²) in [5.41, 5.74) is 5.39. The molecule has 0 atom stereocenters. The van der Waals surface area contributed by atoms with Crippen molar-refractivity contribution in [3.63, 3.8) is 0 Å². The zero-order chi connectivity index (χ0) is 29.9. The van der Waals surface area contributed by atoms with Crippen LogP contribution in [0.1, 0.15) is 66.5 Å². The van der Waals surface area contributed by atoms with Gasteiger partial charge in [0.2, 0.25) is 0 Å². The van der Waals surface area contributed by atoms with Crippen LogP contribution in [0.25, 0.3) is 11.1 Å². The van der Waals surface area contributed by atoms with E-state index in [-0.39, 0.29) is 36.3 Å². The van der Waals surface area contributed by atoms with Gasteiger partial charge in [0.1, 0.15) is 17.4 Å². The number of anilines is 1. The van der Waals surface area contributed by atoms with E-state index >= 15 is 0 Å². The number of aryl methyl sites for hydroxylation is 2. The Morgan fingerprint density at radius 1 is 1.05 bits per heavy atom. The molecule has 218 valence electrons. The number of carbonyl (C=O) groups is 2. The molecule has 41 heavy (non-hydrogen) atoms. The molecule has 9 heteroatoms. The van der Waals surface area contributed by atoms with Crippen molar-refractivity contribution < 1.29 is 28.2 Å². The molecule has 1 fully saturated rings. The molecule has 0 bridgehead atoms. The minimum atomic E-state index is -0.916. The molecule has 7 nitrogen and oxygen atoms in total. The van der Waals surface area contributed by atoms with E-state index in [1.807, 2.05) is 26.0 Å². The second-order valence-electron chi connectivity index (χ2n) is 11.3. The Morgan fingerprint density at radius 3 is 2.32 bits per heavy atom. The average Bonchev–Trinajstić information content (AvgIpc) is 2.89. The number of piperidine rings is 1. The van der Waals surface area contributed by atoms with Crippen LogP contribution in [0.15, 0.2) is 36.4 Å². The molecule has 3 aromatic rings. The minimum Gasteiger partial charge on any atom is -0.493 e. The van der Waals surface area contributed by atoms with Crippen molar-refractivity contribution in [2.24, 2.45) is 5.41 Å². The quantitative estimate of drug-likeness (QED) is 0.320. The Hall–Kier alpha value is -4.01. The first-order valence-electron chi connectivity index (χ1n) is 13.9.